The van der Waals surface area contributed by atoms with Crippen LogP contribution in [0, 0.1) is 33.8 Å². The Morgan fingerprint density at radius 2 is 1.80 bits per heavy atom. The third-order valence-corrected chi connectivity index (χ3v) is 8.78. The summed E-state index contributed by atoms with van der Waals surface area (Å²) in [6.45, 7) is 6.74. The molecule has 106 valence electrons. The van der Waals surface area contributed by atoms with Gasteiger partial charge in [-0.2, -0.15) is 0 Å². The van der Waals surface area contributed by atoms with Crippen LogP contribution in [-0.2, 0) is 4.74 Å². The first-order valence-electron chi connectivity index (χ1n) is 7.61. The zero-order valence-electron chi connectivity index (χ0n) is 12.1. The molecule has 1 saturated heterocycles. The Hall–Kier alpha value is -0.943. The Bertz CT molecular complexity index is 634. The number of hydrogen-bond donors (Lipinski definition) is 0. The van der Waals surface area contributed by atoms with E-state index in [0.717, 1.165) is 12.8 Å². The maximum Gasteiger partial charge on any atom is 0.248 e. The van der Waals surface area contributed by atoms with E-state index in [0.29, 0.717) is 23.5 Å². The van der Waals surface area contributed by atoms with E-state index in [9.17, 15) is 10.1 Å². The average molecular weight is 289 g/mol. The lowest BCUT2D eigenvalue weighted by Crippen LogP contribution is -2.44. The summed E-state index contributed by atoms with van der Waals surface area (Å²) in [4.78, 5) is 11.6. The Kier molecular flexibility index (Phi) is 1.66. The molecule has 4 aliphatic carbocycles. The van der Waals surface area contributed by atoms with Gasteiger partial charge < -0.3 is 4.74 Å². The van der Waals surface area contributed by atoms with Gasteiger partial charge in [-0.15, -0.1) is 0 Å². The van der Waals surface area contributed by atoms with Gasteiger partial charge in [0, 0.05) is 17.8 Å². The fourth-order valence-electron chi connectivity index (χ4n) is 6.26. The summed E-state index contributed by atoms with van der Waals surface area (Å²) in [6, 6.07) is 0. The number of hydrogen-bond acceptors (Lipinski definition) is 3. The van der Waals surface area contributed by atoms with Gasteiger partial charge in [0.25, 0.3) is 0 Å². The lowest BCUT2D eigenvalue weighted by atomic mass is 9.75. The van der Waals surface area contributed by atoms with E-state index in [-0.39, 0.29) is 22.0 Å². The van der Waals surface area contributed by atoms with Crippen molar-refractivity contribution in [3.8, 4) is 0 Å². The zero-order valence-corrected chi connectivity index (χ0v) is 13.1. The summed E-state index contributed by atoms with van der Waals surface area (Å²) in [5.74, 6) is 1.34. The van der Waals surface area contributed by atoms with Crippen LogP contribution in [0.5, 0.6) is 0 Å². The van der Waals surface area contributed by atoms with E-state index in [1.54, 1.807) is 0 Å². The molecule has 0 unspecified atom stereocenters. The minimum atomic E-state index is -1.68. The minimum Gasteiger partial charge on any atom is -0.360 e. The highest BCUT2D eigenvalue weighted by Crippen LogP contribution is 2.83. The van der Waals surface area contributed by atoms with Crippen molar-refractivity contribution in [3.63, 3.8) is 0 Å². The highest BCUT2D eigenvalue weighted by atomic mass is 28.3. The molecule has 0 aromatic carbocycles. The fourth-order valence-corrected chi connectivity index (χ4v) is 8.67. The van der Waals surface area contributed by atoms with Crippen molar-refractivity contribution in [2.45, 2.75) is 43.7 Å². The second-order valence-electron chi connectivity index (χ2n) is 8.17. The van der Waals surface area contributed by atoms with Crippen molar-refractivity contribution in [2.24, 2.45) is 23.7 Å². The smallest absolute Gasteiger partial charge is 0.248 e. The van der Waals surface area contributed by atoms with E-state index in [1.807, 2.05) is 0 Å². The van der Waals surface area contributed by atoms with Crippen LogP contribution in [0.1, 0.15) is 12.8 Å². The summed E-state index contributed by atoms with van der Waals surface area (Å²) >= 11 is 0. The number of ether oxygens (including phenoxy) is 1. The maximum atomic E-state index is 11.7. The molecule has 0 amide bonds. The Labute approximate surface area is 119 Å². The molecule has 5 heteroatoms. The molecule has 0 aromatic heterocycles. The van der Waals surface area contributed by atoms with Gasteiger partial charge in [0.1, 0.15) is 11.2 Å². The monoisotopic (exact) mass is 289 g/mol. The van der Waals surface area contributed by atoms with Crippen LogP contribution in [0.4, 0.5) is 0 Å². The van der Waals surface area contributed by atoms with Crippen LogP contribution in [0.2, 0.25) is 19.6 Å². The van der Waals surface area contributed by atoms with Crippen LogP contribution in [0.3, 0.4) is 0 Å². The average Bonchev–Trinajstić information content (AvgIpc) is 2.77. The van der Waals surface area contributed by atoms with Crippen LogP contribution < -0.4 is 0 Å². The summed E-state index contributed by atoms with van der Waals surface area (Å²) in [7, 11) is -1.68. The maximum absolute atomic E-state index is 11.7. The van der Waals surface area contributed by atoms with Crippen molar-refractivity contribution < 1.29 is 9.66 Å². The molecule has 0 spiro atoms. The van der Waals surface area contributed by atoms with E-state index < -0.39 is 8.07 Å². The molecule has 2 saturated carbocycles. The fraction of sp³-hybridized carbons (Fsp3) is 0.733. The molecule has 4 nitrogen and oxygen atoms in total. The van der Waals surface area contributed by atoms with Gasteiger partial charge >= 0.3 is 0 Å². The summed E-state index contributed by atoms with van der Waals surface area (Å²) in [6.07, 6.45) is 6.73. The minimum absolute atomic E-state index is 0.0355. The quantitative estimate of drug-likeness (QED) is 0.258. The van der Waals surface area contributed by atoms with Gasteiger partial charge in [0.2, 0.25) is 5.70 Å². The molecule has 6 atom stereocenters. The molecule has 0 N–H and O–H groups in total. The first-order chi connectivity index (χ1) is 9.34. The molecule has 5 rings (SSSR count). The van der Waals surface area contributed by atoms with Gasteiger partial charge in [-0.1, -0.05) is 31.8 Å². The standard InChI is InChI=1S/C15H19NO3Si/c1-20(2,3)13-11-7-10(12(13)16(17)18)14-8-4-5-9(6-8)15(11,14)19-14/h4-5,8-11H,6-7H2,1-3H3/t8-,9-,10+,11+,14+,15-/m0/s1. The van der Waals surface area contributed by atoms with E-state index in [2.05, 4.69) is 31.8 Å². The molecule has 0 radical (unpaired) electrons. The number of fused-ring (bicyclic) bond motifs is 4. The van der Waals surface area contributed by atoms with Gasteiger partial charge in [-0.05, 0) is 18.0 Å². The predicted octanol–water partition coefficient (Wildman–Crippen LogP) is 2.76. The second-order valence-corrected chi connectivity index (χ2v) is 13.2. The summed E-state index contributed by atoms with van der Waals surface area (Å²) < 4.78 is 6.36. The van der Waals surface area contributed by atoms with Gasteiger partial charge in [0.15, 0.2) is 0 Å². The van der Waals surface area contributed by atoms with Crippen LogP contribution in [0.15, 0.2) is 23.0 Å². The number of epoxide rings is 1. The highest BCUT2D eigenvalue weighted by molar-refractivity contribution is 6.83. The predicted molar refractivity (Wildman–Crippen MR) is 76.2 cm³/mol. The third kappa shape index (κ3) is 0.871. The number of nitro groups is 1. The molecule has 5 aliphatic rings. The first kappa shape index (κ1) is 11.7. The normalized spacial score (nSPS) is 53.5. The van der Waals surface area contributed by atoms with Gasteiger partial charge in [0.05, 0.1) is 18.9 Å². The van der Waals surface area contributed by atoms with E-state index in [1.165, 1.54) is 5.20 Å². The SMILES string of the molecule is C[Si](C)(C)C1=C([N+](=O)[O-])[C@H]2C[C@H]1[C@]13O[C@]21[C@H]1C=C[C@H]3C1. The van der Waals surface area contributed by atoms with Gasteiger partial charge in [-0.3, -0.25) is 10.1 Å². The molecule has 1 aliphatic heterocycles. The molecule has 4 bridgehead atoms. The Morgan fingerprint density at radius 1 is 1.20 bits per heavy atom. The number of nitrogens with zero attached hydrogens (tertiary/aromatic N) is 1. The molecular formula is C15H19NO3Si. The zero-order chi connectivity index (χ0) is 14.1. The van der Waals surface area contributed by atoms with Crippen LogP contribution in [-0.4, -0.2) is 24.2 Å². The third-order valence-electron chi connectivity index (χ3n) is 6.56. The van der Waals surface area contributed by atoms with Gasteiger partial charge in [-0.25, -0.2) is 0 Å². The molecule has 3 fully saturated rings. The van der Waals surface area contributed by atoms with Crippen molar-refractivity contribution in [3.05, 3.63) is 33.2 Å². The number of rotatable bonds is 2. The first-order valence-corrected chi connectivity index (χ1v) is 11.1. The van der Waals surface area contributed by atoms with E-state index in [4.69, 9.17) is 4.74 Å². The van der Waals surface area contributed by atoms with E-state index >= 15 is 0 Å². The Balaban J connectivity index is 1.74. The van der Waals surface area contributed by atoms with Crippen LogP contribution >= 0.6 is 0 Å². The van der Waals surface area contributed by atoms with Crippen molar-refractivity contribution in [2.75, 3.05) is 0 Å². The lowest BCUT2D eigenvalue weighted by molar-refractivity contribution is -0.435. The summed E-state index contributed by atoms with van der Waals surface area (Å²) in [5, 5.41) is 12.9. The second kappa shape index (κ2) is 2.83. The van der Waals surface area contributed by atoms with Crippen molar-refractivity contribution in [1.29, 1.82) is 0 Å². The highest BCUT2D eigenvalue weighted by Gasteiger charge is 2.93. The molecular weight excluding hydrogens is 270 g/mol. The lowest BCUT2D eigenvalue weighted by Gasteiger charge is -2.31. The topological polar surface area (TPSA) is 55.7 Å². The van der Waals surface area contributed by atoms with Crippen LogP contribution in [0.25, 0.3) is 0 Å². The molecule has 0 aromatic rings. The molecule has 1 heterocycles. The molecule has 20 heavy (non-hydrogen) atoms. The summed E-state index contributed by atoms with van der Waals surface area (Å²) in [5.41, 5.74) is 0.345. The van der Waals surface area contributed by atoms with Crippen molar-refractivity contribution in [1.82, 2.24) is 0 Å². The Morgan fingerprint density at radius 3 is 2.35 bits per heavy atom. The van der Waals surface area contributed by atoms with Crippen molar-refractivity contribution >= 4 is 8.07 Å². The largest absolute Gasteiger partial charge is 0.360 e.